The van der Waals surface area contributed by atoms with E-state index in [-0.39, 0.29) is 5.54 Å². The van der Waals surface area contributed by atoms with Crippen LogP contribution in [0.15, 0.2) is 36.4 Å². The van der Waals surface area contributed by atoms with E-state index in [1.165, 1.54) is 22.0 Å². The normalized spacial score (nSPS) is 11.8. The van der Waals surface area contributed by atoms with Crippen molar-refractivity contribution in [1.29, 1.82) is 0 Å². The second-order valence-corrected chi connectivity index (χ2v) is 5.39. The molecule has 0 heterocycles. The Bertz CT molecular complexity index is 506. The highest BCUT2D eigenvalue weighted by atomic mass is 14.9. The average Bonchev–Trinajstić information content (AvgIpc) is 2.17. The highest BCUT2D eigenvalue weighted by Crippen LogP contribution is 2.25. The monoisotopic (exact) mass is 213 g/mol. The summed E-state index contributed by atoms with van der Waals surface area (Å²) in [5.41, 5.74) is 2.63. The van der Waals surface area contributed by atoms with Gasteiger partial charge in [0, 0.05) is 11.2 Å². The van der Waals surface area contributed by atoms with Crippen LogP contribution in [-0.4, -0.2) is 5.54 Å². The van der Waals surface area contributed by atoms with E-state index in [0.29, 0.717) is 0 Å². The van der Waals surface area contributed by atoms with Gasteiger partial charge in [-0.3, -0.25) is 0 Å². The molecular weight excluding hydrogens is 194 g/mol. The van der Waals surface area contributed by atoms with Gasteiger partial charge in [0.2, 0.25) is 0 Å². The molecule has 0 aliphatic rings. The number of anilines is 1. The summed E-state index contributed by atoms with van der Waals surface area (Å²) in [5.74, 6) is 0. The molecule has 0 spiro atoms. The van der Waals surface area contributed by atoms with Crippen LogP contribution in [0.5, 0.6) is 0 Å². The number of fused-ring (bicyclic) bond motifs is 1. The lowest BCUT2D eigenvalue weighted by atomic mass is 10.0. The second kappa shape index (κ2) is 3.82. The van der Waals surface area contributed by atoms with Gasteiger partial charge in [0.05, 0.1) is 0 Å². The first-order valence-electron chi connectivity index (χ1n) is 5.73. The molecule has 1 nitrogen and oxygen atoms in total. The van der Waals surface area contributed by atoms with Gasteiger partial charge >= 0.3 is 0 Å². The second-order valence-electron chi connectivity index (χ2n) is 5.39. The third kappa shape index (κ3) is 2.35. The first-order chi connectivity index (χ1) is 7.46. The number of rotatable bonds is 1. The molecule has 2 aromatic rings. The van der Waals surface area contributed by atoms with E-state index in [0.717, 1.165) is 0 Å². The molecule has 1 heteroatoms. The largest absolute Gasteiger partial charge is 0.380 e. The molecule has 0 fully saturated rings. The van der Waals surface area contributed by atoms with Crippen molar-refractivity contribution in [3.63, 3.8) is 0 Å². The topological polar surface area (TPSA) is 12.0 Å². The minimum absolute atomic E-state index is 0.104. The lowest BCUT2D eigenvalue weighted by Crippen LogP contribution is -2.26. The summed E-state index contributed by atoms with van der Waals surface area (Å²) in [6.45, 7) is 8.70. The van der Waals surface area contributed by atoms with Crippen LogP contribution < -0.4 is 5.32 Å². The first-order valence-corrected chi connectivity index (χ1v) is 5.73. The minimum Gasteiger partial charge on any atom is -0.380 e. The quantitative estimate of drug-likeness (QED) is 0.742. The zero-order valence-corrected chi connectivity index (χ0v) is 10.5. The Hall–Kier alpha value is -1.50. The van der Waals surface area contributed by atoms with Crippen LogP contribution in [0, 0.1) is 6.92 Å². The van der Waals surface area contributed by atoms with Crippen molar-refractivity contribution in [3.8, 4) is 0 Å². The van der Waals surface area contributed by atoms with Crippen molar-refractivity contribution in [2.45, 2.75) is 33.2 Å². The lowest BCUT2D eigenvalue weighted by Gasteiger charge is -2.24. The predicted molar refractivity (Wildman–Crippen MR) is 72.1 cm³/mol. The highest BCUT2D eigenvalue weighted by molar-refractivity contribution is 5.87. The molecule has 0 radical (unpaired) electrons. The van der Waals surface area contributed by atoms with Crippen LogP contribution in [-0.2, 0) is 0 Å². The molecular formula is C15H19N. The van der Waals surface area contributed by atoms with Gasteiger partial charge in [0.15, 0.2) is 0 Å². The zero-order chi connectivity index (χ0) is 11.8. The molecule has 0 aliphatic carbocycles. The van der Waals surface area contributed by atoms with Crippen molar-refractivity contribution in [1.82, 2.24) is 0 Å². The van der Waals surface area contributed by atoms with E-state index in [1.807, 2.05) is 0 Å². The average molecular weight is 213 g/mol. The van der Waals surface area contributed by atoms with Crippen molar-refractivity contribution < 1.29 is 0 Å². The van der Waals surface area contributed by atoms with Gasteiger partial charge in [-0.15, -0.1) is 0 Å². The predicted octanol–water partition coefficient (Wildman–Crippen LogP) is 4.36. The van der Waals surface area contributed by atoms with Crippen LogP contribution >= 0.6 is 0 Å². The summed E-state index contributed by atoms with van der Waals surface area (Å²) >= 11 is 0. The fourth-order valence-corrected chi connectivity index (χ4v) is 1.89. The summed E-state index contributed by atoms with van der Waals surface area (Å²) < 4.78 is 0. The van der Waals surface area contributed by atoms with Crippen LogP contribution in [0.4, 0.5) is 5.69 Å². The molecule has 84 valence electrons. The van der Waals surface area contributed by atoms with Gasteiger partial charge in [-0.2, -0.15) is 0 Å². The van der Waals surface area contributed by atoms with Crippen molar-refractivity contribution in [2.24, 2.45) is 0 Å². The van der Waals surface area contributed by atoms with E-state index in [1.54, 1.807) is 0 Å². The maximum atomic E-state index is 3.54. The summed E-state index contributed by atoms with van der Waals surface area (Å²) in [5, 5.41) is 6.14. The first kappa shape index (κ1) is 11.0. The van der Waals surface area contributed by atoms with E-state index < -0.39 is 0 Å². The Kier molecular flexibility index (Phi) is 2.63. The van der Waals surface area contributed by atoms with Crippen molar-refractivity contribution >= 4 is 16.5 Å². The molecule has 1 N–H and O–H groups in total. The molecule has 0 bridgehead atoms. The molecule has 0 aromatic heterocycles. The summed E-state index contributed by atoms with van der Waals surface area (Å²) in [6, 6.07) is 12.9. The molecule has 16 heavy (non-hydrogen) atoms. The Morgan fingerprint density at radius 3 is 2.06 bits per heavy atom. The lowest BCUT2D eigenvalue weighted by molar-refractivity contribution is 0.633. The van der Waals surface area contributed by atoms with Crippen LogP contribution in [0.1, 0.15) is 26.3 Å². The molecule has 2 aromatic carbocycles. The van der Waals surface area contributed by atoms with Gasteiger partial charge in [0.1, 0.15) is 0 Å². The summed E-state index contributed by atoms with van der Waals surface area (Å²) in [4.78, 5) is 0. The van der Waals surface area contributed by atoms with Gasteiger partial charge in [0.25, 0.3) is 0 Å². The molecule has 2 rings (SSSR count). The third-order valence-electron chi connectivity index (χ3n) is 2.60. The van der Waals surface area contributed by atoms with Crippen LogP contribution in [0.25, 0.3) is 10.8 Å². The number of benzene rings is 2. The Balaban J connectivity index is 2.50. The van der Waals surface area contributed by atoms with E-state index >= 15 is 0 Å². The molecule has 0 unspecified atom stereocenters. The summed E-state index contributed by atoms with van der Waals surface area (Å²) in [6.07, 6.45) is 0. The molecule has 0 saturated heterocycles. The smallest absolute Gasteiger partial charge is 0.0380 e. The zero-order valence-electron chi connectivity index (χ0n) is 10.5. The molecule has 0 aliphatic heterocycles. The van der Waals surface area contributed by atoms with E-state index in [9.17, 15) is 0 Å². The SMILES string of the molecule is Cc1cc2ccccc2cc1NC(C)(C)C. The Morgan fingerprint density at radius 2 is 1.50 bits per heavy atom. The standard InChI is InChI=1S/C15H19N/c1-11-9-12-7-5-6-8-13(12)10-14(11)16-15(2,3)4/h5-10,16H,1-4H3. The van der Waals surface area contributed by atoms with Crippen LogP contribution in [0.2, 0.25) is 0 Å². The fraction of sp³-hybridized carbons (Fsp3) is 0.333. The number of nitrogens with one attached hydrogen (secondary N) is 1. The molecule has 0 atom stereocenters. The van der Waals surface area contributed by atoms with Crippen LogP contribution in [0.3, 0.4) is 0 Å². The van der Waals surface area contributed by atoms with E-state index in [2.05, 4.69) is 69.4 Å². The fourth-order valence-electron chi connectivity index (χ4n) is 1.89. The maximum Gasteiger partial charge on any atom is 0.0380 e. The van der Waals surface area contributed by atoms with Gasteiger partial charge < -0.3 is 5.32 Å². The molecule has 0 amide bonds. The van der Waals surface area contributed by atoms with Crippen molar-refractivity contribution in [3.05, 3.63) is 42.0 Å². The minimum atomic E-state index is 0.104. The molecule has 0 saturated carbocycles. The maximum absolute atomic E-state index is 3.54. The van der Waals surface area contributed by atoms with Gasteiger partial charge in [-0.05, 0) is 56.2 Å². The van der Waals surface area contributed by atoms with Gasteiger partial charge in [-0.25, -0.2) is 0 Å². The number of hydrogen-bond acceptors (Lipinski definition) is 1. The number of aryl methyl sites for hydroxylation is 1. The Labute approximate surface area is 97.5 Å². The Morgan fingerprint density at radius 1 is 0.938 bits per heavy atom. The number of hydrogen-bond donors (Lipinski definition) is 1. The van der Waals surface area contributed by atoms with Crippen molar-refractivity contribution in [2.75, 3.05) is 5.32 Å². The summed E-state index contributed by atoms with van der Waals surface area (Å²) in [7, 11) is 0. The third-order valence-corrected chi connectivity index (χ3v) is 2.60. The highest BCUT2D eigenvalue weighted by Gasteiger charge is 2.11. The van der Waals surface area contributed by atoms with Gasteiger partial charge in [-0.1, -0.05) is 24.3 Å². The van der Waals surface area contributed by atoms with E-state index in [4.69, 9.17) is 0 Å².